The van der Waals surface area contributed by atoms with E-state index in [1.165, 1.54) is 30.0 Å². The molecule has 2 aromatic carbocycles. The molecule has 0 saturated carbocycles. The molecule has 0 saturated heterocycles. The Labute approximate surface area is 216 Å². The molecular weight excluding hydrogens is 524 g/mol. The van der Waals surface area contributed by atoms with Crippen LogP contribution in [0.25, 0.3) is 28.0 Å². The van der Waals surface area contributed by atoms with Gasteiger partial charge in [-0.1, -0.05) is 13.0 Å². The molecule has 0 spiro atoms. The lowest BCUT2D eigenvalue weighted by Crippen LogP contribution is -2.43. The van der Waals surface area contributed by atoms with Gasteiger partial charge in [-0.15, -0.1) is 0 Å². The van der Waals surface area contributed by atoms with Crippen LogP contribution in [0.5, 0.6) is 5.75 Å². The van der Waals surface area contributed by atoms with E-state index in [2.05, 4.69) is 4.98 Å². The highest BCUT2D eigenvalue weighted by molar-refractivity contribution is 7.89. The molecule has 4 aromatic rings. The second-order valence-corrected chi connectivity index (χ2v) is 10.1. The highest BCUT2D eigenvalue weighted by Crippen LogP contribution is 2.39. The Kier molecular flexibility index (Phi) is 7.18. The second kappa shape index (κ2) is 10.1. The third-order valence-electron chi connectivity index (χ3n) is 6.05. The number of fused-ring (bicyclic) bond motifs is 1. The number of aromatic nitrogens is 2. The lowest BCUT2D eigenvalue weighted by molar-refractivity contribution is -0.147. The molecule has 0 unspecified atom stereocenters. The lowest BCUT2D eigenvalue weighted by atomic mass is 10.1. The number of aryl methyl sites for hydroxylation is 1. The maximum absolute atomic E-state index is 14.9. The number of halogens is 4. The van der Waals surface area contributed by atoms with Gasteiger partial charge in [0, 0.05) is 23.3 Å². The summed E-state index contributed by atoms with van der Waals surface area (Å²) in [7, 11) is -3.32. The van der Waals surface area contributed by atoms with E-state index in [4.69, 9.17) is 4.74 Å². The van der Waals surface area contributed by atoms with E-state index in [0.717, 1.165) is 6.07 Å². The summed E-state index contributed by atoms with van der Waals surface area (Å²) < 4.78 is 89.3. The third kappa shape index (κ3) is 4.82. The molecule has 0 aliphatic carbocycles. The van der Waals surface area contributed by atoms with Crippen LogP contribution in [0, 0.1) is 17.1 Å². The van der Waals surface area contributed by atoms with Crippen molar-refractivity contribution in [1.29, 1.82) is 5.26 Å². The summed E-state index contributed by atoms with van der Waals surface area (Å²) in [6.45, 7) is 2.43. The van der Waals surface area contributed by atoms with Crippen molar-refractivity contribution in [3.8, 4) is 28.9 Å². The van der Waals surface area contributed by atoms with Gasteiger partial charge < -0.3 is 9.30 Å². The number of nitrogens with one attached hydrogen (secondary N) is 1. The number of ether oxygens (including phenoxy) is 1. The second-order valence-electron chi connectivity index (χ2n) is 8.42. The van der Waals surface area contributed by atoms with Gasteiger partial charge in [-0.2, -0.15) is 23.2 Å². The van der Waals surface area contributed by atoms with Gasteiger partial charge in [0.2, 0.25) is 10.0 Å². The summed E-state index contributed by atoms with van der Waals surface area (Å²) in [5.74, 6) is -0.110. The van der Waals surface area contributed by atoms with Crippen molar-refractivity contribution in [2.24, 2.45) is 0 Å². The van der Waals surface area contributed by atoms with E-state index >= 15 is 0 Å². The fourth-order valence-electron chi connectivity index (χ4n) is 4.12. The van der Waals surface area contributed by atoms with Crippen molar-refractivity contribution in [3.63, 3.8) is 0 Å². The summed E-state index contributed by atoms with van der Waals surface area (Å²) in [6, 6.07) is 11.4. The lowest BCUT2D eigenvalue weighted by Gasteiger charge is -2.19. The maximum Gasteiger partial charge on any atom is 0.404 e. The minimum atomic E-state index is -4.84. The molecular formula is C26H22F4N4O3S. The molecule has 0 amide bonds. The van der Waals surface area contributed by atoms with Gasteiger partial charge in [0.05, 0.1) is 23.9 Å². The molecule has 0 fully saturated rings. The van der Waals surface area contributed by atoms with Crippen molar-refractivity contribution < 1.29 is 30.7 Å². The summed E-state index contributed by atoms with van der Waals surface area (Å²) >= 11 is 0. The number of sulfonamides is 1. The molecule has 2 aromatic heterocycles. The van der Waals surface area contributed by atoms with Crippen molar-refractivity contribution in [2.45, 2.75) is 37.4 Å². The number of nitrogens with zero attached hydrogens (tertiary/aromatic N) is 3. The number of hydrogen-bond donors (Lipinski definition) is 1. The number of alkyl halides is 3. The molecule has 0 bridgehead atoms. The Balaban J connectivity index is 2.12. The van der Waals surface area contributed by atoms with Gasteiger partial charge in [0.15, 0.2) is 0 Å². The van der Waals surface area contributed by atoms with Gasteiger partial charge in [0.25, 0.3) is 0 Å². The summed E-state index contributed by atoms with van der Waals surface area (Å²) in [5.41, 5.74) is 0.777. The first-order valence-electron chi connectivity index (χ1n) is 11.4. The Bertz CT molecular complexity index is 1670. The fourth-order valence-corrected chi connectivity index (χ4v) is 5.51. The molecule has 198 valence electrons. The molecule has 0 aliphatic heterocycles. The molecule has 4 rings (SSSR count). The highest BCUT2D eigenvalue weighted by Gasteiger charge is 2.40. The first-order chi connectivity index (χ1) is 17.9. The first kappa shape index (κ1) is 27.1. The maximum atomic E-state index is 14.9. The van der Waals surface area contributed by atoms with Crippen LogP contribution in [0.4, 0.5) is 17.6 Å². The monoisotopic (exact) mass is 546 g/mol. The summed E-state index contributed by atoms with van der Waals surface area (Å²) in [4.78, 5) is 3.61. The van der Waals surface area contributed by atoms with Crippen LogP contribution in [-0.4, -0.2) is 37.3 Å². The molecule has 38 heavy (non-hydrogen) atoms. The van der Waals surface area contributed by atoms with Gasteiger partial charge in [-0.05, 0) is 55.3 Å². The zero-order valence-corrected chi connectivity index (χ0v) is 21.3. The van der Waals surface area contributed by atoms with E-state index in [-0.39, 0.29) is 22.3 Å². The zero-order valence-electron chi connectivity index (χ0n) is 20.5. The van der Waals surface area contributed by atoms with Crippen LogP contribution in [-0.2, 0) is 16.4 Å². The third-order valence-corrected chi connectivity index (χ3v) is 7.62. The number of pyridine rings is 1. The number of methoxy groups -OCH3 is 1. The predicted molar refractivity (Wildman–Crippen MR) is 133 cm³/mol. The van der Waals surface area contributed by atoms with Crippen LogP contribution < -0.4 is 9.46 Å². The SMILES string of the molecule is CCc1cc2c(cc1F)c(C#N)c(-c1ncccc1S(=O)(=O)N[C@@H](C)C(F)(F)F)n2-c1cccc(OC)c1. The van der Waals surface area contributed by atoms with Crippen LogP contribution in [0.15, 0.2) is 59.6 Å². The molecule has 1 N–H and O–H groups in total. The summed E-state index contributed by atoms with van der Waals surface area (Å²) in [6.07, 6.45) is -3.24. The van der Waals surface area contributed by atoms with Crippen LogP contribution in [0.3, 0.4) is 0 Å². The first-order valence-corrected chi connectivity index (χ1v) is 12.9. The largest absolute Gasteiger partial charge is 0.497 e. The van der Waals surface area contributed by atoms with Gasteiger partial charge in [-0.25, -0.2) is 12.8 Å². The standard InChI is InChI=1S/C26H22F4N4O3S/c1-4-16-11-22-19(13-21(16)27)20(14-31)25(34(22)17-7-5-8-18(12-17)37-3)24-23(9-6-10-32-24)38(35,36)33-15(2)26(28,29)30/h5-13,15,33H,4H2,1-3H3/t15-/m0/s1. The van der Waals surface area contributed by atoms with Gasteiger partial charge in [-0.3, -0.25) is 4.98 Å². The Morgan fingerprint density at radius 1 is 1.18 bits per heavy atom. The van der Waals surface area contributed by atoms with E-state index in [1.54, 1.807) is 42.0 Å². The van der Waals surface area contributed by atoms with Crippen LogP contribution in [0.2, 0.25) is 0 Å². The quantitative estimate of drug-likeness (QED) is 0.309. The zero-order chi connectivity index (χ0) is 27.8. The Hall–Kier alpha value is -3.95. The normalized spacial score (nSPS) is 12.9. The molecule has 2 heterocycles. The summed E-state index contributed by atoms with van der Waals surface area (Å²) in [5, 5.41) is 10.3. The fraction of sp³-hybridized carbons (Fsp3) is 0.231. The minimum absolute atomic E-state index is 0.0240. The molecule has 7 nitrogen and oxygen atoms in total. The smallest absolute Gasteiger partial charge is 0.404 e. The Morgan fingerprint density at radius 2 is 1.92 bits per heavy atom. The molecule has 0 aliphatic rings. The predicted octanol–water partition coefficient (Wildman–Crippen LogP) is 5.50. The average Bonchev–Trinajstić information content (AvgIpc) is 3.20. The average molecular weight is 547 g/mol. The number of hydrogen-bond acceptors (Lipinski definition) is 5. The van der Waals surface area contributed by atoms with E-state index in [0.29, 0.717) is 35.9 Å². The van der Waals surface area contributed by atoms with E-state index in [1.807, 2.05) is 6.07 Å². The van der Waals surface area contributed by atoms with Gasteiger partial charge >= 0.3 is 6.18 Å². The molecule has 1 atom stereocenters. The van der Waals surface area contributed by atoms with Crippen molar-refractivity contribution in [2.75, 3.05) is 7.11 Å². The van der Waals surface area contributed by atoms with E-state index in [9.17, 15) is 31.2 Å². The molecule has 12 heteroatoms. The van der Waals surface area contributed by atoms with Crippen molar-refractivity contribution >= 4 is 20.9 Å². The Morgan fingerprint density at radius 3 is 2.55 bits per heavy atom. The van der Waals surface area contributed by atoms with Gasteiger partial charge in [0.1, 0.15) is 34.3 Å². The molecule has 0 radical (unpaired) electrons. The van der Waals surface area contributed by atoms with Crippen LogP contribution in [0.1, 0.15) is 25.0 Å². The topological polar surface area (TPSA) is 97.0 Å². The number of nitriles is 1. The van der Waals surface area contributed by atoms with Crippen molar-refractivity contribution in [1.82, 2.24) is 14.3 Å². The minimum Gasteiger partial charge on any atom is -0.497 e. The van der Waals surface area contributed by atoms with Crippen molar-refractivity contribution in [3.05, 3.63) is 71.7 Å². The van der Waals surface area contributed by atoms with E-state index < -0.39 is 33.0 Å². The van der Waals surface area contributed by atoms with Crippen LogP contribution >= 0.6 is 0 Å². The number of rotatable bonds is 7. The number of benzene rings is 2. The highest BCUT2D eigenvalue weighted by atomic mass is 32.2.